The second-order valence-electron chi connectivity index (χ2n) is 6.38. The van der Waals surface area contributed by atoms with E-state index >= 15 is 0 Å². The Morgan fingerprint density at radius 1 is 1.13 bits per heavy atom. The summed E-state index contributed by atoms with van der Waals surface area (Å²) < 4.78 is 42.1. The van der Waals surface area contributed by atoms with Gasteiger partial charge in [-0.3, -0.25) is 4.57 Å². The van der Waals surface area contributed by atoms with E-state index in [1.165, 1.54) is 12.1 Å². The topological polar surface area (TPSA) is 106 Å². The van der Waals surface area contributed by atoms with Crippen molar-refractivity contribution in [2.24, 2.45) is 0 Å². The van der Waals surface area contributed by atoms with E-state index in [2.05, 4.69) is 35.6 Å². The molecule has 0 saturated carbocycles. The summed E-state index contributed by atoms with van der Waals surface area (Å²) in [5.41, 5.74) is 0.326. The number of halogens is 3. The lowest BCUT2D eigenvalue weighted by Crippen LogP contribution is -2.32. The number of urea groups is 1. The minimum Gasteiger partial charge on any atom is -0.406 e. The molecule has 0 atom stereocenters. The molecular formula is C19H20F3N7O2. The maximum atomic E-state index is 12.2. The summed E-state index contributed by atoms with van der Waals surface area (Å²) in [6.45, 7) is 4.32. The van der Waals surface area contributed by atoms with Crippen molar-refractivity contribution in [3.8, 4) is 11.6 Å². The number of amides is 2. The number of hydrogen-bond donors (Lipinski definition) is 3. The fourth-order valence-corrected chi connectivity index (χ4v) is 2.67. The van der Waals surface area contributed by atoms with Crippen LogP contribution in [0.15, 0.2) is 42.7 Å². The number of hydrogen-bond acceptors (Lipinski definition) is 6. The number of ether oxygens (including phenoxy) is 1. The van der Waals surface area contributed by atoms with Crippen molar-refractivity contribution in [3.05, 3.63) is 54.4 Å². The van der Waals surface area contributed by atoms with Crippen LogP contribution in [0.4, 0.5) is 29.5 Å². The zero-order chi connectivity index (χ0) is 22.4. The van der Waals surface area contributed by atoms with E-state index in [0.29, 0.717) is 29.7 Å². The number of benzene rings is 1. The number of carbonyl (C=O) groups is 1. The molecule has 9 nitrogen and oxygen atoms in total. The molecule has 0 saturated heterocycles. The molecule has 0 aliphatic heterocycles. The minimum absolute atomic E-state index is 0.281. The molecule has 2 amide bonds. The molecule has 2 heterocycles. The lowest BCUT2D eigenvalue weighted by atomic mass is 10.3. The summed E-state index contributed by atoms with van der Waals surface area (Å²) in [6, 6.07) is 6.11. The van der Waals surface area contributed by atoms with Gasteiger partial charge in [-0.15, -0.1) is 13.2 Å². The van der Waals surface area contributed by atoms with Crippen molar-refractivity contribution in [2.45, 2.75) is 20.2 Å². The highest BCUT2D eigenvalue weighted by Crippen LogP contribution is 2.23. The van der Waals surface area contributed by atoms with E-state index in [9.17, 15) is 18.0 Å². The molecular weight excluding hydrogens is 415 g/mol. The average Bonchev–Trinajstić information content (AvgIpc) is 3.11. The zero-order valence-corrected chi connectivity index (χ0v) is 16.7. The van der Waals surface area contributed by atoms with E-state index in [-0.39, 0.29) is 12.3 Å². The van der Waals surface area contributed by atoms with Gasteiger partial charge in [-0.25, -0.2) is 19.7 Å². The molecule has 2 aromatic heterocycles. The lowest BCUT2D eigenvalue weighted by molar-refractivity contribution is -0.274. The number of anilines is 2. The third-order valence-corrected chi connectivity index (χ3v) is 3.96. The van der Waals surface area contributed by atoms with Crippen molar-refractivity contribution in [2.75, 3.05) is 23.7 Å². The van der Waals surface area contributed by atoms with Gasteiger partial charge in [0.25, 0.3) is 0 Å². The third kappa shape index (κ3) is 6.59. The number of nitrogens with zero attached hydrogens (tertiary/aromatic N) is 4. The van der Waals surface area contributed by atoms with Gasteiger partial charge >= 0.3 is 12.4 Å². The van der Waals surface area contributed by atoms with Crippen LogP contribution in [-0.2, 0) is 0 Å². The van der Waals surface area contributed by atoms with E-state index in [4.69, 9.17) is 0 Å². The maximum Gasteiger partial charge on any atom is 0.573 e. The molecule has 3 aromatic rings. The molecule has 31 heavy (non-hydrogen) atoms. The van der Waals surface area contributed by atoms with Crippen LogP contribution in [-0.4, -0.2) is 45.0 Å². The number of alkyl halides is 3. The van der Waals surface area contributed by atoms with Crippen LogP contribution >= 0.6 is 0 Å². The van der Waals surface area contributed by atoms with E-state index in [1.54, 1.807) is 25.4 Å². The van der Waals surface area contributed by atoms with Gasteiger partial charge in [0.15, 0.2) is 0 Å². The number of imidazole rings is 1. The minimum atomic E-state index is -4.76. The predicted octanol–water partition coefficient (Wildman–Crippen LogP) is 3.41. The first-order chi connectivity index (χ1) is 14.7. The molecule has 164 valence electrons. The molecule has 3 N–H and O–H groups in total. The van der Waals surface area contributed by atoms with Crippen molar-refractivity contribution < 1.29 is 22.7 Å². The Labute approximate surface area is 175 Å². The lowest BCUT2D eigenvalue weighted by Gasteiger charge is -2.12. The zero-order valence-electron chi connectivity index (χ0n) is 16.7. The number of nitrogens with one attached hydrogen (secondary N) is 3. The first-order valence-corrected chi connectivity index (χ1v) is 9.20. The Morgan fingerprint density at radius 2 is 1.87 bits per heavy atom. The van der Waals surface area contributed by atoms with Crippen LogP contribution in [0.5, 0.6) is 5.75 Å². The Balaban J connectivity index is 1.46. The van der Waals surface area contributed by atoms with Crippen LogP contribution in [0.25, 0.3) is 5.82 Å². The number of aryl methyl sites for hydroxylation is 2. The van der Waals surface area contributed by atoms with Crippen LogP contribution in [0, 0.1) is 13.8 Å². The van der Waals surface area contributed by atoms with Crippen molar-refractivity contribution in [3.63, 3.8) is 0 Å². The summed E-state index contributed by atoms with van der Waals surface area (Å²) in [5, 5.41) is 8.27. The van der Waals surface area contributed by atoms with Gasteiger partial charge in [-0.1, -0.05) is 0 Å². The normalized spacial score (nSPS) is 11.1. The van der Waals surface area contributed by atoms with E-state index in [0.717, 1.165) is 18.0 Å². The summed E-state index contributed by atoms with van der Waals surface area (Å²) in [4.78, 5) is 24.8. The molecule has 3 rings (SSSR count). The largest absolute Gasteiger partial charge is 0.573 e. The van der Waals surface area contributed by atoms with Gasteiger partial charge in [-0.05, 0) is 38.1 Å². The van der Waals surface area contributed by atoms with Gasteiger partial charge in [0.05, 0.1) is 0 Å². The Hall–Kier alpha value is -3.83. The Kier molecular flexibility index (Phi) is 6.58. The molecule has 0 unspecified atom stereocenters. The summed E-state index contributed by atoms with van der Waals surface area (Å²) in [7, 11) is 0. The van der Waals surface area contributed by atoms with Gasteiger partial charge in [-0.2, -0.15) is 0 Å². The Morgan fingerprint density at radius 3 is 2.52 bits per heavy atom. The fraction of sp³-hybridized carbons (Fsp3) is 0.263. The van der Waals surface area contributed by atoms with Crippen LogP contribution < -0.4 is 20.7 Å². The number of carbonyl (C=O) groups excluding carboxylic acids is 1. The summed E-state index contributed by atoms with van der Waals surface area (Å²) >= 11 is 0. The molecule has 0 aliphatic carbocycles. The van der Waals surface area contributed by atoms with Gasteiger partial charge in [0.2, 0.25) is 0 Å². The molecule has 0 bridgehead atoms. The number of rotatable bonds is 7. The first kappa shape index (κ1) is 21.9. The number of aromatic nitrogens is 4. The van der Waals surface area contributed by atoms with E-state index < -0.39 is 12.4 Å². The molecule has 0 radical (unpaired) electrons. The Bertz CT molecular complexity index is 1040. The molecule has 0 aliphatic rings. The highest BCUT2D eigenvalue weighted by molar-refractivity contribution is 5.89. The summed E-state index contributed by atoms with van der Waals surface area (Å²) in [5.74, 6) is 2.27. The smallest absolute Gasteiger partial charge is 0.406 e. The predicted molar refractivity (Wildman–Crippen MR) is 107 cm³/mol. The van der Waals surface area contributed by atoms with Crippen LogP contribution in [0.2, 0.25) is 0 Å². The average molecular weight is 435 g/mol. The van der Waals surface area contributed by atoms with Gasteiger partial charge in [0.1, 0.15) is 29.0 Å². The second kappa shape index (κ2) is 9.32. The first-order valence-electron chi connectivity index (χ1n) is 9.20. The van der Waals surface area contributed by atoms with Gasteiger partial charge < -0.3 is 20.7 Å². The third-order valence-electron chi connectivity index (χ3n) is 3.96. The summed E-state index contributed by atoms with van der Waals surface area (Å²) in [6.07, 6.45) is -1.28. The molecule has 0 spiro atoms. The maximum absolute atomic E-state index is 12.2. The van der Waals surface area contributed by atoms with Crippen LogP contribution in [0.3, 0.4) is 0 Å². The van der Waals surface area contributed by atoms with Crippen molar-refractivity contribution in [1.82, 2.24) is 24.8 Å². The standard InChI is InChI=1S/C19H20F3N7O2/c1-12-26-16(11-17(27-12)29-10-9-23-13(29)2)24-7-8-25-18(30)28-14-3-5-15(6-4-14)31-19(20,21)22/h3-6,9-11H,7-8H2,1-2H3,(H,24,26,27)(H2,25,28,30). The monoisotopic (exact) mass is 435 g/mol. The van der Waals surface area contributed by atoms with Crippen LogP contribution in [0.1, 0.15) is 11.6 Å². The molecule has 12 heteroatoms. The quantitative estimate of drug-likeness (QED) is 0.491. The highest BCUT2D eigenvalue weighted by Gasteiger charge is 2.30. The fourth-order valence-electron chi connectivity index (χ4n) is 2.67. The van der Waals surface area contributed by atoms with Crippen molar-refractivity contribution in [1.29, 1.82) is 0 Å². The highest BCUT2D eigenvalue weighted by atomic mass is 19.4. The second-order valence-corrected chi connectivity index (χ2v) is 6.38. The molecule has 0 fully saturated rings. The SMILES string of the molecule is Cc1nc(NCCNC(=O)Nc2ccc(OC(F)(F)F)cc2)cc(-n2ccnc2C)n1. The van der Waals surface area contributed by atoms with Gasteiger partial charge in [0, 0.05) is 37.2 Å². The van der Waals surface area contributed by atoms with E-state index in [1.807, 2.05) is 11.5 Å². The van der Waals surface area contributed by atoms with Crippen molar-refractivity contribution >= 4 is 17.5 Å². The molecule has 1 aromatic carbocycles.